The Bertz CT molecular complexity index is 395. The summed E-state index contributed by atoms with van der Waals surface area (Å²) in [5.74, 6) is 0.631. The molecule has 1 atom stereocenters. The fourth-order valence-corrected chi connectivity index (χ4v) is 2.44. The molecule has 0 bridgehead atoms. The molecule has 2 N–H and O–H groups in total. The predicted octanol–water partition coefficient (Wildman–Crippen LogP) is 0.285. The van der Waals surface area contributed by atoms with E-state index in [0.29, 0.717) is 18.6 Å². The molecule has 0 aromatic carbocycles. The highest BCUT2D eigenvalue weighted by Gasteiger charge is 2.15. The summed E-state index contributed by atoms with van der Waals surface area (Å²) in [5, 5.41) is 15.2. The van der Waals surface area contributed by atoms with Crippen LogP contribution in [0.5, 0.6) is 0 Å². The van der Waals surface area contributed by atoms with Gasteiger partial charge in [0.25, 0.3) is 0 Å². The number of hydrogen-bond acceptors (Lipinski definition) is 4. The number of aryl methyl sites for hydroxylation is 2. The number of nitrogens with one attached hydrogen (secondary N) is 1. The van der Waals surface area contributed by atoms with Crippen LogP contribution in [-0.4, -0.2) is 44.8 Å². The molecule has 0 saturated carbocycles. The van der Waals surface area contributed by atoms with Crippen LogP contribution < -0.4 is 5.32 Å². The lowest BCUT2D eigenvalue weighted by Crippen LogP contribution is -2.36. The molecule has 0 fully saturated rings. The van der Waals surface area contributed by atoms with Crippen molar-refractivity contribution < 1.29 is 14.7 Å². The maximum atomic E-state index is 10.7. The summed E-state index contributed by atoms with van der Waals surface area (Å²) in [6, 6.07) is -0.784. The predicted molar refractivity (Wildman–Crippen MR) is 69.5 cm³/mol. The molecule has 1 amide bonds. The number of aromatic nitrogens is 2. The first kappa shape index (κ1) is 14.6. The van der Waals surface area contributed by atoms with E-state index in [1.165, 1.54) is 5.56 Å². The maximum Gasteiger partial charge on any atom is 0.326 e. The first-order chi connectivity index (χ1) is 8.63. The average Bonchev–Trinajstić information content (AvgIpc) is 2.73. The van der Waals surface area contributed by atoms with Gasteiger partial charge in [0.15, 0.2) is 0 Å². The van der Waals surface area contributed by atoms with Crippen LogP contribution in [0.2, 0.25) is 0 Å². The zero-order valence-electron chi connectivity index (χ0n) is 10.2. The van der Waals surface area contributed by atoms with Crippen LogP contribution in [-0.2, 0) is 23.1 Å². The van der Waals surface area contributed by atoms with E-state index in [4.69, 9.17) is 5.11 Å². The lowest BCUT2D eigenvalue weighted by Gasteiger charge is -2.10. The Morgan fingerprint density at radius 3 is 3.00 bits per heavy atom. The molecule has 1 heterocycles. The molecule has 1 aromatic rings. The van der Waals surface area contributed by atoms with Crippen molar-refractivity contribution in [2.45, 2.75) is 18.9 Å². The summed E-state index contributed by atoms with van der Waals surface area (Å²) >= 11 is 1.67. The molecule has 6 nitrogen and oxygen atoms in total. The van der Waals surface area contributed by atoms with Gasteiger partial charge in [-0.1, -0.05) is 0 Å². The van der Waals surface area contributed by atoms with Crippen molar-refractivity contribution in [1.82, 2.24) is 15.1 Å². The summed E-state index contributed by atoms with van der Waals surface area (Å²) in [6.07, 6.45) is 5.57. The van der Waals surface area contributed by atoms with Gasteiger partial charge in [-0.25, -0.2) is 4.79 Å². The maximum absolute atomic E-state index is 10.7. The Hall–Kier alpha value is -1.50. The topological polar surface area (TPSA) is 84.2 Å². The second-order valence-corrected chi connectivity index (χ2v) is 5.07. The third kappa shape index (κ3) is 5.22. The second-order valence-electron chi connectivity index (χ2n) is 3.85. The van der Waals surface area contributed by atoms with Crippen molar-refractivity contribution in [3.63, 3.8) is 0 Å². The molecule has 18 heavy (non-hydrogen) atoms. The number of carbonyl (C=O) groups excluding carboxylic acids is 1. The number of carbonyl (C=O) groups is 2. The van der Waals surface area contributed by atoms with Gasteiger partial charge in [-0.15, -0.1) is 0 Å². The number of thioether (sulfide) groups is 1. The largest absolute Gasteiger partial charge is 0.480 e. The van der Waals surface area contributed by atoms with Crippen LogP contribution in [0.25, 0.3) is 0 Å². The van der Waals surface area contributed by atoms with E-state index in [-0.39, 0.29) is 0 Å². The van der Waals surface area contributed by atoms with Crippen LogP contribution in [0.3, 0.4) is 0 Å². The lowest BCUT2D eigenvalue weighted by atomic mass is 10.2. The van der Waals surface area contributed by atoms with E-state index in [9.17, 15) is 9.59 Å². The number of amides is 1. The fraction of sp³-hybridized carbons (Fsp3) is 0.545. The van der Waals surface area contributed by atoms with Crippen LogP contribution >= 0.6 is 11.8 Å². The average molecular weight is 271 g/mol. The molecule has 100 valence electrons. The SMILES string of the molecule is Cn1cc(CCSCCC(NC=O)C(=O)O)cn1. The summed E-state index contributed by atoms with van der Waals surface area (Å²) in [6.45, 7) is 0. The molecular weight excluding hydrogens is 254 g/mol. The standard InChI is InChI=1S/C11H17N3O3S/c1-14-7-9(6-13-14)2-4-18-5-3-10(11(16)17)12-8-15/h6-8,10H,2-5H2,1H3,(H,12,15)(H,16,17). The normalized spacial score (nSPS) is 12.1. The van der Waals surface area contributed by atoms with Gasteiger partial charge in [0.1, 0.15) is 6.04 Å². The highest BCUT2D eigenvalue weighted by atomic mass is 32.2. The summed E-state index contributed by atoms with van der Waals surface area (Å²) < 4.78 is 1.76. The van der Waals surface area contributed by atoms with Crippen molar-refractivity contribution >= 4 is 24.1 Å². The highest BCUT2D eigenvalue weighted by molar-refractivity contribution is 7.99. The van der Waals surface area contributed by atoms with Crippen molar-refractivity contribution in [2.24, 2.45) is 7.05 Å². The Morgan fingerprint density at radius 2 is 2.44 bits per heavy atom. The molecular formula is C11H17N3O3S. The lowest BCUT2D eigenvalue weighted by molar-refractivity contribution is -0.140. The number of carboxylic acids is 1. The molecule has 0 aliphatic rings. The van der Waals surface area contributed by atoms with Crippen LogP contribution in [0, 0.1) is 0 Å². The third-order valence-electron chi connectivity index (χ3n) is 2.41. The molecule has 7 heteroatoms. The number of hydrogen-bond donors (Lipinski definition) is 2. The Kier molecular flexibility index (Phi) is 6.27. The summed E-state index contributed by atoms with van der Waals surface area (Å²) in [7, 11) is 1.87. The molecule has 0 spiro atoms. The van der Waals surface area contributed by atoms with E-state index >= 15 is 0 Å². The molecule has 0 aliphatic heterocycles. The van der Waals surface area contributed by atoms with Gasteiger partial charge in [0, 0.05) is 13.2 Å². The third-order valence-corrected chi connectivity index (χ3v) is 3.43. The minimum absolute atomic E-state index is 0.430. The van der Waals surface area contributed by atoms with Gasteiger partial charge in [-0.05, 0) is 29.9 Å². The Labute approximate surface area is 110 Å². The minimum atomic E-state index is -0.991. The van der Waals surface area contributed by atoms with E-state index in [0.717, 1.165) is 12.2 Å². The number of nitrogens with zero attached hydrogens (tertiary/aromatic N) is 2. The van der Waals surface area contributed by atoms with Gasteiger partial charge >= 0.3 is 5.97 Å². The van der Waals surface area contributed by atoms with Crippen molar-refractivity contribution in [1.29, 1.82) is 0 Å². The first-order valence-electron chi connectivity index (χ1n) is 5.61. The van der Waals surface area contributed by atoms with E-state index in [1.54, 1.807) is 16.4 Å². The fourth-order valence-electron chi connectivity index (χ4n) is 1.45. The summed E-state index contributed by atoms with van der Waals surface area (Å²) in [4.78, 5) is 20.9. The second kappa shape index (κ2) is 7.75. The highest BCUT2D eigenvalue weighted by Crippen LogP contribution is 2.09. The molecule has 0 saturated heterocycles. The minimum Gasteiger partial charge on any atom is -0.480 e. The van der Waals surface area contributed by atoms with Gasteiger partial charge in [-0.2, -0.15) is 16.9 Å². The number of rotatable bonds is 9. The van der Waals surface area contributed by atoms with Crippen molar-refractivity contribution in [3.8, 4) is 0 Å². The quantitative estimate of drug-likeness (QED) is 0.498. The number of aliphatic carboxylic acids is 1. The molecule has 1 aromatic heterocycles. The van der Waals surface area contributed by atoms with Crippen LogP contribution in [0.1, 0.15) is 12.0 Å². The van der Waals surface area contributed by atoms with Crippen molar-refractivity contribution in [2.75, 3.05) is 11.5 Å². The van der Waals surface area contributed by atoms with Gasteiger partial charge < -0.3 is 10.4 Å². The molecule has 0 radical (unpaired) electrons. The van der Waals surface area contributed by atoms with Crippen LogP contribution in [0.15, 0.2) is 12.4 Å². The van der Waals surface area contributed by atoms with Gasteiger partial charge in [-0.3, -0.25) is 9.48 Å². The first-order valence-corrected chi connectivity index (χ1v) is 6.76. The van der Waals surface area contributed by atoms with Crippen molar-refractivity contribution in [3.05, 3.63) is 18.0 Å². The van der Waals surface area contributed by atoms with Gasteiger partial charge in [0.05, 0.1) is 6.20 Å². The molecule has 1 unspecified atom stereocenters. The summed E-state index contributed by atoms with van der Waals surface area (Å²) in [5.41, 5.74) is 1.17. The Balaban J connectivity index is 2.14. The molecule has 1 rings (SSSR count). The zero-order valence-corrected chi connectivity index (χ0v) is 11.0. The van der Waals surface area contributed by atoms with Gasteiger partial charge in [0.2, 0.25) is 6.41 Å². The smallest absolute Gasteiger partial charge is 0.326 e. The van der Waals surface area contributed by atoms with E-state index < -0.39 is 12.0 Å². The van der Waals surface area contributed by atoms with E-state index in [2.05, 4.69) is 10.4 Å². The number of carboxylic acid groups (broad SMARTS) is 1. The van der Waals surface area contributed by atoms with E-state index in [1.807, 2.05) is 19.4 Å². The van der Waals surface area contributed by atoms with Crippen LogP contribution in [0.4, 0.5) is 0 Å². The Morgan fingerprint density at radius 1 is 1.67 bits per heavy atom. The molecule has 0 aliphatic carbocycles. The zero-order chi connectivity index (χ0) is 13.4. The monoisotopic (exact) mass is 271 g/mol.